The second-order valence-electron chi connectivity index (χ2n) is 7.19. The highest BCUT2D eigenvalue weighted by Crippen LogP contribution is 2.88. The van der Waals surface area contributed by atoms with Gasteiger partial charge in [-0.1, -0.05) is 27.4 Å². The van der Waals surface area contributed by atoms with Crippen LogP contribution in [0.5, 0.6) is 0 Å². The van der Waals surface area contributed by atoms with E-state index in [-0.39, 0.29) is 17.5 Å². The van der Waals surface area contributed by atoms with Crippen LogP contribution in [0.4, 0.5) is 0 Å². The Bertz CT molecular complexity index is 425. The number of esters is 1. The van der Waals surface area contributed by atoms with Crippen LogP contribution in [0.25, 0.3) is 0 Å². The molecule has 0 aromatic rings. The summed E-state index contributed by atoms with van der Waals surface area (Å²) in [6, 6.07) is 0. The van der Waals surface area contributed by atoms with Crippen molar-refractivity contribution in [2.75, 3.05) is 0 Å². The van der Waals surface area contributed by atoms with Gasteiger partial charge in [-0.05, 0) is 49.4 Å². The van der Waals surface area contributed by atoms with Gasteiger partial charge in [-0.15, -0.1) is 0 Å². The molecule has 0 radical (unpaired) electrons. The van der Waals surface area contributed by atoms with Crippen LogP contribution in [-0.2, 0) is 9.53 Å². The van der Waals surface area contributed by atoms with Gasteiger partial charge in [0, 0.05) is 11.0 Å². The Morgan fingerprint density at radius 2 is 2.11 bits per heavy atom. The van der Waals surface area contributed by atoms with Crippen molar-refractivity contribution in [3.8, 4) is 0 Å². The van der Waals surface area contributed by atoms with Crippen LogP contribution in [0.1, 0.15) is 47.0 Å². The molecule has 0 heterocycles. The van der Waals surface area contributed by atoms with Crippen molar-refractivity contribution in [1.82, 2.24) is 0 Å². The lowest BCUT2D eigenvalue weighted by Crippen LogP contribution is -2.30. The highest BCUT2D eigenvalue weighted by Gasteiger charge is 2.86. The van der Waals surface area contributed by atoms with E-state index in [4.69, 9.17) is 4.74 Å². The Morgan fingerprint density at radius 1 is 1.44 bits per heavy atom. The summed E-state index contributed by atoms with van der Waals surface area (Å²) >= 11 is 0. The monoisotopic (exact) mass is 248 g/mol. The molecule has 3 aliphatic carbocycles. The Balaban J connectivity index is 1.83. The summed E-state index contributed by atoms with van der Waals surface area (Å²) < 4.78 is 5.75. The van der Waals surface area contributed by atoms with Crippen molar-refractivity contribution in [2.24, 2.45) is 28.6 Å². The normalized spacial score (nSPS) is 48.2. The number of hydrogen-bond donors (Lipinski definition) is 0. The zero-order valence-corrected chi connectivity index (χ0v) is 12.0. The Morgan fingerprint density at radius 3 is 2.50 bits per heavy atom. The summed E-state index contributed by atoms with van der Waals surface area (Å²) in [4.78, 5) is 11.8. The van der Waals surface area contributed by atoms with Crippen molar-refractivity contribution >= 4 is 5.97 Å². The molecule has 1 spiro atoms. The zero-order valence-electron chi connectivity index (χ0n) is 12.0. The molecule has 0 bridgehead atoms. The average molecular weight is 248 g/mol. The molecule has 0 aromatic carbocycles. The standard InChI is InChI=1S/C16H24O2/c1-9(2)13-15(5)12(18-14(17)10(3)4)8-11-6-7-16(11,13)15/h9,11-13H,3,6-8H2,1-2,4-5H3. The number of carbonyl (C=O) groups is 1. The molecule has 100 valence electrons. The van der Waals surface area contributed by atoms with Gasteiger partial charge < -0.3 is 4.74 Å². The first-order valence-corrected chi connectivity index (χ1v) is 7.22. The summed E-state index contributed by atoms with van der Waals surface area (Å²) in [7, 11) is 0. The second-order valence-corrected chi connectivity index (χ2v) is 7.19. The molecule has 0 N–H and O–H groups in total. The smallest absolute Gasteiger partial charge is 0.333 e. The highest BCUT2D eigenvalue weighted by molar-refractivity contribution is 5.87. The molecular weight excluding hydrogens is 224 g/mol. The van der Waals surface area contributed by atoms with Gasteiger partial charge in [0.1, 0.15) is 6.10 Å². The molecule has 2 heteroatoms. The van der Waals surface area contributed by atoms with Crippen molar-refractivity contribution in [2.45, 2.75) is 53.1 Å². The van der Waals surface area contributed by atoms with Crippen molar-refractivity contribution in [1.29, 1.82) is 0 Å². The minimum atomic E-state index is -0.202. The maximum atomic E-state index is 11.8. The Hall–Kier alpha value is -0.790. The van der Waals surface area contributed by atoms with Gasteiger partial charge in [-0.25, -0.2) is 4.79 Å². The minimum Gasteiger partial charge on any atom is -0.458 e. The third-order valence-corrected chi connectivity index (χ3v) is 6.19. The lowest BCUT2D eigenvalue weighted by Gasteiger charge is -2.37. The van der Waals surface area contributed by atoms with Crippen LogP contribution in [0.15, 0.2) is 12.2 Å². The van der Waals surface area contributed by atoms with Gasteiger partial charge in [0.25, 0.3) is 0 Å². The largest absolute Gasteiger partial charge is 0.458 e. The third-order valence-electron chi connectivity index (χ3n) is 6.19. The summed E-state index contributed by atoms with van der Waals surface area (Å²) in [5.74, 6) is 2.05. The number of ether oxygens (including phenoxy) is 1. The van der Waals surface area contributed by atoms with Crippen molar-refractivity contribution < 1.29 is 9.53 Å². The van der Waals surface area contributed by atoms with Crippen LogP contribution in [0, 0.1) is 28.6 Å². The highest BCUT2D eigenvalue weighted by atomic mass is 16.5. The van der Waals surface area contributed by atoms with E-state index >= 15 is 0 Å². The van der Waals surface area contributed by atoms with Crippen LogP contribution in [0.3, 0.4) is 0 Å². The molecule has 3 rings (SSSR count). The lowest BCUT2D eigenvalue weighted by atomic mass is 9.68. The van der Waals surface area contributed by atoms with Crippen LogP contribution < -0.4 is 0 Å². The summed E-state index contributed by atoms with van der Waals surface area (Å²) in [6.45, 7) is 12.4. The van der Waals surface area contributed by atoms with E-state index in [0.29, 0.717) is 16.9 Å². The number of hydrogen-bond acceptors (Lipinski definition) is 2. The number of carbonyl (C=O) groups excluding carboxylic acids is 1. The maximum Gasteiger partial charge on any atom is 0.333 e. The summed E-state index contributed by atoms with van der Waals surface area (Å²) in [6.07, 6.45) is 3.89. The van der Waals surface area contributed by atoms with E-state index in [1.807, 2.05) is 0 Å². The first-order valence-electron chi connectivity index (χ1n) is 7.22. The van der Waals surface area contributed by atoms with Gasteiger partial charge in [-0.3, -0.25) is 0 Å². The topological polar surface area (TPSA) is 26.3 Å². The van der Waals surface area contributed by atoms with Crippen molar-refractivity contribution in [3.05, 3.63) is 12.2 Å². The van der Waals surface area contributed by atoms with E-state index in [0.717, 1.165) is 18.3 Å². The van der Waals surface area contributed by atoms with E-state index in [1.54, 1.807) is 6.92 Å². The van der Waals surface area contributed by atoms with Gasteiger partial charge in [0.2, 0.25) is 0 Å². The van der Waals surface area contributed by atoms with Crippen LogP contribution >= 0.6 is 0 Å². The van der Waals surface area contributed by atoms with Gasteiger partial charge in [-0.2, -0.15) is 0 Å². The molecule has 3 fully saturated rings. The van der Waals surface area contributed by atoms with Crippen molar-refractivity contribution in [3.63, 3.8) is 0 Å². The molecule has 5 unspecified atom stereocenters. The predicted molar refractivity (Wildman–Crippen MR) is 70.9 cm³/mol. The van der Waals surface area contributed by atoms with E-state index in [1.165, 1.54) is 12.8 Å². The van der Waals surface area contributed by atoms with Crippen LogP contribution in [0.2, 0.25) is 0 Å². The van der Waals surface area contributed by atoms with E-state index in [9.17, 15) is 4.79 Å². The molecule has 3 aliphatic rings. The Labute approximate surface area is 110 Å². The van der Waals surface area contributed by atoms with Crippen LogP contribution in [-0.4, -0.2) is 12.1 Å². The summed E-state index contributed by atoms with van der Waals surface area (Å²) in [5.41, 5.74) is 1.28. The molecule has 0 saturated heterocycles. The fourth-order valence-electron chi connectivity index (χ4n) is 5.58. The quantitative estimate of drug-likeness (QED) is 0.564. The molecule has 0 aromatic heterocycles. The Kier molecular flexibility index (Phi) is 2.31. The molecule has 3 saturated carbocycles. The second kappa shape index (κ2) is 3.40. The molecule has 2 nitrogen and oxygen atoms in total. The minimum absolute atomic E-state index is 0.126. The molecule has 5 atom stereocenters. The fraction of sp³-hybridized carbons (Fsp3) is 0.812. The van der Waals surface area contributed by atoms with Gasteiger partial charge >= 0.3 is 5.97 Å². The SMILES string of the molecule is C=C(C)C(=O)OC1CC2CCC23C(C(C)C)C13C. The molecule has 18 heavy (non-hydrogen) atoms. The predicted octanol–water partition coefficient (Wildman–Crippen LogP) is 3.57. The first kappa shape index (κ1) is 12.3. The zero-order chi connectivity index (χ0) is 13.3. The van der Waals surface area contributed by atoms with Gasteiger partial charge in [0.15, 0.2) is 0 Å². The van der Waals surface area contributed by atoms with Gasteiger partial charge in [0.05, 0.1) is 0 Å². The third kappa shape index (κ3) is 1.13. The first-order chi connectivity index (χ1) is 8.35. The molecular formula is C16H24O2. The fourth-order valence-corrected chi connectivity index (χ4v) is 5.58. The molecule has 0 amide bonds. The average Bonchev–Trinajstić information content (AvgIpc) is 2.81. The van der Waals surface area contributed by atoms with E-state index < -0.39 is 0 Å². The maximum absolute atomic E-state index is 11.8. The lowest BCUT2D eigenvalue weighted by molar-refractivity contribution is -0.147. The summed E-state index contributed by atoms with van der Waals surface area (Å²) in [5, 5.41) is 0. The number of rotatable bonds is 3. The van der Waals surface area contributed by atoms with E-state index in [2.05, 4.69) is 27.4 Å². The molecule has 0 aliphatic heterocycles.